The first kappa shape index (κ1) is 15.0. The van der Waals surface area contributed by atoms with Crippen LogP contribution in [0.1, 0.15) is 37.7 Å². The van der Waals surface area contributed by atoms with Crippen molar-refractivity contribution in [2.45, 2.75) is 44.2 Å². The molecular formula is C17H21F2N3. The molecule has 0 aliphatic heterocycles. The average Bonchev–Trinajstić information content (AvgIpc) is 3.01. The molecule has 0 heterocycles. The lowest BCUT2D eigenvalue weighted by atomic mass is 10.1. The fourth-order valence-electron chi connectivity index (χ4n) is 2.93. The van der Waals surface area contributed by atoms with Crippen LogP contribution in [0.2, 0.25) is 0 Å². The maximum atomic E-state index is 13.8. The third kappa shape index (κ3) is 3.29. The number of benzene rings is 1. The summed E-state index contributed by atoms with van der Waals surface area (Å²) in [5.74, 6) is -0.306. The quantitative estimate of drug-likeness (QED) is 0.509. The lowest BCUT2D eigenvalue weighted by Gasteiger charge is -2.17. The summed E-state index contributed by atoms with van der Waals surface area (Å²) in [6.07, 6.45) is 7.00. The Bertz CT molecular complexity index is 569. The van der Waals surface area contributed by atoms with Gasteiger partial charge in [0, 0.05) is 30.1 Å². The summed E-state index contributed by atoms with van der Waals surface area (Å²) >= 11 is 0. The lowest BCUT2D eigenvalue weighted by Crippen LogP contribution is -2.43. The third-order valence-electron chi connectivity index (χ3n) is 4.15. The second-order valence-corrected chi connectivity index (χ2v) is 5.84. The van der Waals surface area contributed by atoms with Gasteiger partial charge in [0.25, 0.3) is 0 Å². The van der Waals surface area contributed by atoms with E-state index in [-0.39, 0.29) is 17.5 Å². The zero-order valence-electron chi connectivity index (χ0n) is 12.7. The standard InChI is InChI=1S/C17H21F2N3/c1-2-20-17(21-11-6-3-4-7-11)22-15-10-12(15)16-13(18)8-5-9-14(16)19/h3-5,8-9,11-12,15H,2,6-7,10H2,1H3,(H2,20,21,22). The van der Waals surface area contributed by atoms with Gasteiger partial charge in [-0.05, 0) is 38.3 Å². The van der Waals surface area contributed by atoms with Crippen LogP contribution in [0.3, 0.4) is 0 Å². The third-order valence-corrected chi connectivity index (χ3v) is 4.15. The molecule has 2 N–H and O–H groups in total. The van der Waals surface area contributed by atoms with Crippen LogP contribution >= 0.6 is 0 Å². The van der Waals surface area contributed by atoms with Crippen LogP contribution in [-0.2, 0) is 0 Å². The van der Waals surface area contributed by atoms with Crippen molar-refractivity contribution in [2.75, 3.05) is 6.54 Å². The molecule has 1 aromatic rings. The molecule has 0 bridgehead atoms. The number of hydrogen-bond donors (Lipinski definition) is 2. The molecule has 3 nitrogen and oxygen atoms in total. The zero-order valence-corrected chi connectivity index (χ0v) is 12.7. The van der Waals surface area contributed by atoms with Crippen molar-refractivity contribution in [1.82, 2.24) is 10.6 Å². The van der Waals surface area contributed by atoms with Crippen molar-refractivity contribution < 1.29 is 8.78 Å². The van der Waals surface area contributed by atoms with Crippen LogP contribution in [-0.4, -0.2) is 24.6 Å². The normalized spacial score (nSPS) is 24.6. The van der Waals surface area contributed by atoms with Gasteiger partial charge in [0.05, 0.1) is 0 Å². The first-order valence-corrected chi connectivity index (χ1v) is 7.85. The number of nitrogens with zero attached hydrogens (tertiary/aromatic N) is 1. The smallest absolute Gasteiger partial charge is 0.191 e. The number of rotatable bonds is 4. The van der Waals surface area contributed by atoms with Crippen LogP contribution in [0.4, 0.5) is 8.78 Å². The minimum absolute atomic E-state index is 0.0403. The van der Waals surface area contributed by atoms with Gasteiger partial charge in [-0.25, -0.2) is 8.78 Å². The highest BCUT2D eigenvalue weighted by Gasteiger charge is 2.42. The van der Waals surface area contributed by atoms with Crippen LogP contribution in [0.5, 0.6) is 0 Å². The molecule has 2 aliphatic carbocycles. The first-order chi connectivity index (χ1) is 10.7. The van der Waals surface area contributed by atoms with Gasteiger partial charge in [0.2, 0.25) is 0 Å². The number of nitrogens with one attached hydrogen (secondary N) is 2. The second kappa shape index (κ2) is 6.46. The number of guanidine groups is 1. The Morgan fingerprint density at radius 1 is 1.18 bits per heavy atom. The van der Waals surface area contributed by atoms with Gasteiger partial charge in [-0.1, -0.05) is 18.2 Å². The molecule has 2 aliphatic rings. The SMILES string of the molecule is CCN=C(NC1CC=CC1)NC1CC1c1c(F)cccc1F. The maximum absolute atomic E-state index is 13.8. The highest BCUT2D eigenvalue weighted by Crippen LogP contribution is 2.43. The van der Waals surface area contributed by atoms with Crippen molar-refractivity contribution >= 4 is 5.96 Å². The molecule has 3 rings (SSSR count). The van der Waals surface area contributed by atoms with E-state index in [9.17, 15) is 8.78 Å². The van der Waals surface area contributed by atoms with E-state index >= 15 is 0 Å². The largest absolute Gasteiger partial charge is 0.353 e. The molecule has 2 unspecified atom stereocenters. The van der Waals surface area contributed by atoms with Crippen LogP contribution in [0.25, 0.3) is 0 Å². The lowest BCUT2D eigenvalue weighted by molar-refractivity contribution is 0.553. The Hall–Kier alpha value is -1.91. The highest BCUT2D eigenvalue weighted by molar-refractivity contribution is 5.81. The minimum atomic E-state index is -0.462. The molecule has 0 aromatic heterocycles. The number of hydrogen-bond acceptors (Lipinski definition) is 1. The minimum Gasteiger partial charge on any atom is -0.353 e. The Kier molecular flexibility index (Phi) is 4.41. The van der Waals surface area contributed by atoms with E-state index in [0.717, 1.165) is 25.2 Å². The fraction of sp³-hybridized carbons (Fsp3) is 0.471. The van der Waals surface area contributed by atoms with Gasteiger partial charge in [-0.15, -0.1) is 0 Å². The van der Waals surface area contributed by atoms with Crippen LogP contribution in [0.15, 0.2) is 35.3 Å². The molecule has 22 heavy (non-hydrogen) atoms. The van der Waals surface area contributed by atoms with Gasteiger partial charge >= 0.3 is 0 Å². The summed E-state index contributed by atoms with van der Waals surface area (Å²) < 4.78 is 27.6. The first-order valence-electron chi connectivity index (χ1n) is 7.85. The molecule has 1 fully saturated rings. The molecule has 0 radical (unpaired) electrons. The summed E-state index contributed by atoms with van der Waals surface area (Å²) in [6.45, 7) is 2.64. The van der Waals surface area contributed by atoms with Gasteiger partial charge in [0.15, 0.2) is 5.96 Å². The van der Waals surface area contributed by atoms with E-state index in [4.69, 9.17) is 0 Å². The van der Waals surface area contributed by atoms with Crippen molar-refractivity contribution in [3.8, 4) is 0 Å². The summed E-state index contributed by atoms with van der Waals surface area (Å²) in [7, 11) is 0. The van der Waals surface area contributed by atoms with Crippen LogP contribution < -0.4 is 10.6 Å². The monoisotopic (exact) mass is 305 g/mol. The van der Waals surface area contributed by atoms with E-state index in [1.54, 1.807) is 0 Å². The van der Waals surface area contributed by atoms with Gasteiger partial charge < -0.3 is 10.6 Å². The van der Waals surface area contributed by atoms with E-state index in [2.05, 4.69) is 27.8 Å². The molecular weight excluding hydrogens is 284 g/mol. The van der Waals surface area contributed by atoms with Crippen LogP contribution in [0, 0.1) is 11.6 Å². The molecule has 5 heteroatoms. The van der Waals surface area contributed by atoms with E-state index in [0.29, 0.717) is 12.6 Å². The average molecular weight is 305 g/mol. The zero-order chi connectivity index (χ0) is 15.5. The van der Waals surface area contributed by atoms with E-state index in [1.165, 1.54) is 18.2 Å². The van der Waals surface area contributed by atoms with Crippen molar-refractivity contribution in [3.05, 3.63) is 47.5 Å². The number of aliphatic imine (C=N–C) groups is 1. The van der Waals surface area contributed by atoms with E-state index < -0.39 is 11.6 Å². The summed E-state index contributed by atoms with van der Waals surface area (Å²) in [5.41, 5.74) is 0.193. The Labute approximate surface area is 129 Å². The summed E-state index contributed by atoms with van der Waals surface area (Å²) in [6, 6.07) is 4.44. The molecule has 118 valence electrons. The van der Waals surface area contributed by atoms with Gasteiger partial charge in [0.1, 0.15) is 11.6 Å². The maximum Gasteiger partial charge on any atom is 0.191 e. The van der Waals surface area contributed by atoms with Crippen molar-refractivity contribution in [2.24, 2.45) is 4.99 Å². The number of halogens is 2. The Morgan fingerprint density at radius 2 is 1.86 bits per heavy atom. The molecule has 1 saturated carbocycles. The molecule has 0 saturated heterocycles. The fourth-order valence-corrected chi connectivity index (χ4v) is 2.93. The van der Waals surface area contributed by atoms with Gasteiger partial charge in [-0.3, -0.25) is 4.99 Å². The molecule has 0 spiro atoms. The second-order valence-electron chi connectivity index (χ2n) is 5.84. The summed E-state index contributed by atoms with van der Waals surface area (Å²) in [4.78, 5) is 4.42. The summed E-state index contributed by atoms with van der Waals surface area (Å²) in [5, 5.41) is 6.68. The van der Waals surface area contributed by atoms with Gasteiger partial charge in [-0.2, -0.15) is 0 Å². The van der Waals surface area contributed by atoms with Crippen molar-refractivity contribution in [3.63, 3.8) is 0 Å². The predicted octanol–water partition coefficient (Wildman–Crippen LogP) is 3.09. The van der Waals surface area contributed by atoms with E-state index in [1.807, 2.05) is 6.92 Å². The molecule has 2 atom stereocenters. The highest BCUT2D eigenvalue weighted by atomic mass is 19.1. The topological polar surface area (TPSA) is 36.4 Å². The van der Waals surface area contributed by atoms with Crippen molar-refractivity contribution in [1.29, 1.82) is 0 Å². The Morgan fingerprint density at radius 3 is 2.50 bits per heavy atom. The molecule has 1 aromatic carbocycles. The molecule has 0 amide bonds. The predicted molar refractivity (Wildman–Crippen MR) is 83.9 cm³/mol. The Balaban J connectivity index is 1.62.